The van der Waals surface area contributed by atoms with Gasteiger partial charge in [0.05, 0.1) is 22.0 Å². The second-order valence-corrected chi connectivity index (χ2v) is 1.73. The zero-order valence-corrected chi connectivity index (χ0v) is 20.3. The van der Waals surface area contributed by atoms with Crippen LogP contribution in [0, 0.1) is 0 Å². The molecule has 0 unspecified atom stereocenters. The van der Waals surface area contributed by atoms with Gasteiger partial charge in [0.15, 0.2) is 0 Å². The average molecular weight is 368 g/mol. The summed E-state index contributed by atoms with van der Waals surface area (Å²) in [4.78, 5) is 0. The summed E-state index contributed by atoms with van der Waals surface area (Å²) in [7, 11) is -5.55. The van der Waals surface area contributed by atoms with Gasteiger partial charge in [-0.25, -0.2) is 9.59 Å². The molecule has 0 spiro atoms. The second kappa shape index (κ2) is 31.7. The van der Waals surface area contributed by atoms with Gasteiger partial charge in [0.25, 0.3) is 0 Å². The van der Waals surface area contributed by atoms with Crippen LogP contribution in [0.4, 0.5) is 0 Å². The SMILES string of the molecule is O=[S-](=O)OO.O=[S-](=O)OOO.[Ca+2].[Ca+2].[K][K]. The Hall–Kier alpha value is 5.49. The van der Waals surface area contributed by atoms with Gasteiger partial charge >= 0.3 is 139 Å². The molecule has 0 aromatic rings. The Morgan fingerprint density at radius 2 is 1.13 bits per heavy atom. The van der Waals surface area contributed by atoms with Crippen LogP contribution in [0.5, 0.6) is 0 Å². The van der Waals surface area contributed by atoms with Crippen molar-refractivity contribution in [1.29, 1.82) is 0 Å². The Bertz CT molecular complexity index is 196. The van der Waals surface area contributed by atoms with Gasteiger partial charge in [0.2, 0.25) is 0 Å². The fourth-order valence-electron chi connectivity index (χ4n) is 0.0248. The molecule has 0 radical (unpaired) electrons. The standard InChI is InChI=1S/2Ca.2K.HO5S.HO4S/c;;;;1-4-5-6(2)3;1-4-5(2)3/h;;;;1H;1H/q2*+2;;;2*-1. The molecule has 0 aliphatic carbocycles. The molecule has 0 amide bonds. The van der Waals surface area contributed by atoms with E-state index in [1.807, 2.05) is 0 Å². The van der Waals surface area contributed by atoms with E-state index in [-0.39, 0.29) is 75.5 Å². The Balaban J connectivity index is -0.0000000344. The molecule has 0 aromatic carbocycles. The first-order valence-electron chi connectivity index (χ1n) is 2.53. The summed E-state index contributed by atoms with van der Waals surface area (Å²) in [5.74, 6) is 0. The van der Waals surface area contributed by atoms with Crippen LogP contribution >= 0.6 is 0 Å². The molecule has 9 nitrogen and oxygen atoms in total. The van der Waals surface area contributed by atoms with Crippen molar-refractivity contribution in [3.05, 3.63) is 0 Å². The topological polar surface area (TPSA) is 136 Å². The van der Waals surface area contributed by atoms with Gasteiger partial charge in [0.1, 0.15) is 0 Å². The van der Waals surface area contributed by atoms with E-state index in [2.05, 4.69) is 13.7 Å². The van der Waals surface area contributed by atoms with Crippen molar-refractivity contribution >= 4 is 161 Å². The molecule has 0 heterocycles. The summed E-state index contributed by atoms with van der Waals surface area (Å²) >= 11 is 2.50. The first kappa shape index (κ1) is 32.4. The molecule has 0 aliphatic heterocycles. The molecule has 72 valence electrons. The molecule has 0 bridgehead atoms. The van der Waals surface area contributed by atoms with Gasteiger partial charge in [-0.3, -0.25) is 9.59 Å². The van der Waals surface area contributed by atoms with Crippen LogP contribution in [0.15, 0.2) is 0 Å². The van der Waals surface area contributed by atoms with Gasteiger partial charge in [0, 0.05) is 0 Å². The van der Waals surface area contributed by atoms with E-state index in [4.69, 9.17) is 27.4 Å². The van der Waals surface area contributed by atoms with Gasteiger partial charge in [-0.05, 0) is 0 Å². The summed E-state index contributed by atoms with van der Waals surface area (Å²) < 4.78 is 41.7. The Labute approximate surface area is 194 Å². The summed E-state index contributed by atoms with van der Waals surface area (Å²) in [6.45, 7) is 0. The monoisotopic (exact) mass is 368 g/mol. The maximum absolute atomic E-state index is 9.09. The normalized spacial score (nSPS) is 7.47. The van der Waals surface area contributed by atoms with E-state index >= 15 is 0 Å². The van der Waals surface area contributed by atoms with Gasteiger partial charge in [-0.2, -0.15) is 0 Å². The fraction of sp³-hybridized carbons (Fsp3) is 0. The van der Waals surface area contributed by atoms with Crippen molar-refractivity contribution in [3.8, 4) is 0 Å². The maximum atomic E-state index is 9.09. The van der Waals surface area contributed by atoms with E-state index in [0.717, 1.165) is 0 Å². The third kappa shape index (κ3) is 54.2. The molecule has 0 rings (SSSR count). The van der Waals surface area contributed by atoms with E-state index in [1.165, 1.54) is 63.2 Å². The fourth-order valence-corrected chi connectivity index (χ4v) is 0.0745. The van der Waals surface area contributed by atoms with Crippen LogP contribution in [0.3, 0.4) is 0 Å². The second-order valence-electron chi connectivity index (χ2n) is 0.625. The van der Waals surface area contributed by atoms with Crippen molar-refractivity contribution in [3.63, 3.8) is 0 Å². The zero-order valence-electron chi connectivity index (χ0n) is 7.98. The molecule has 2 N–H and O–H groups in total. The third-order valence-electron chi connectivity index (χ3n) is 0.147. The van der Waals surface area contributed by atoms with Gasteiger partial charge in [-0.15, -0.1) is 0 Å². The van der Waals surface area contributed by atoms with E-state index in [1.54, 1.807) is 0 Å². The Morgan fingerprint density at radius 3 is 1.13 bits per heavy atom. The van der Waals surface area contributed by atoms with Crippen molar-refractivity contribution in [1.82, 2.24) is 0 Å². The first-order chi connectivity index (χ1) is 6.04. The van der Waals surface area contributed by atoms with Gasteiger partial charge < -0.3 is 16.8 Å². The van der Waals surface area contributed by atoms with Crippen LogP contribution in [0.1, 0.15) is 0 Å². The molecular weight excluding hydrogens is 366 g/mol. The summed E-state index contributed by atoms with van der Waals surface area (Å²) in [5.41, 5.74) is 0. The molecule has 15 heteroatoms. The van der Waals surface area contributed by atoms with Crippen molar-refractivity contribution in [2.75, 3.05) is 0 Å². The molecule has 0 fully saturated rings. The van der Waals surface area contributed by atoms with Crippen LogP contribution < -0.4 is 0 Å². The molecule has 0 atom stereocenters. The van der Waals surface area contributed by atoms with Crippen molar-refractivity contribution < 1.29 is 41.1 Å². The summed E-state index contributed by atoms with van der Waals surface area (Å²) in [5, 5.41) is 16.8. The minimum atomic E-state index is -2.79. The number of hydrogen-bond acceptors (Lipinski definition) is 11. The van der Waals surface area contributed by atoms with E-state index < -0.39 is 22.0 Å². The third-order valence-corrected chi connectivity index (χ3v) is 0.441. The minimum absolute atomic E-state index is 0. The van der Waals surface area contributed by atoms with Crippen LogP contribution in [-0.2, 0) is 52.5 Å². The predicted molar refractivity (Wildman–Crippen MR) is 49.0 cm³/mol. The number of hydrogen-bond donors (Lipinski definition) is 2. The molecule has 0 saturated carbocycles. The Kier molecular flexibility index (Phi) is 68.6. The molecular formula is H2Ca2K2O9S2+2. The van der Waals surface area contributed by atoms with E-state index in [0.29, 0.717) is 0 Å². The van der Waals surface area contributed by atoms with Crippen molar-refractivity contribution in [2.24, 2.45) is 0 Å². The summed E-state index contributed by atoms with van der Waals surface area (Å²) in [6, 6.07) is 0. The Morgan fingerprint density at radius 1 is 0.867 bits per heavy atom. The van der Waals surface area contributed by atoms with Crippen LogP contribution in [-0.4, -0.2) is 149 Å². The van der Waals surface area contributed by atoms with Crippen molar-refractivity contribution in [2.45, 2.75) is 0 Å². The van der Waals surface area contributed by atoms with E-state index in [9.17, 15) is 0 Å². The molecule has 0 aromatic heterocycles. The van der Waals surface area contributed by atoms with Crippen LogP contribution in [0.25, 0.3) is 0 Å². The first-order valence-corrected chi connectivity index (χ1v) is 20.5. The quantitative estimate of drug-likeness (QED) is 0.246. The summed E-state index contributed by atoms with van der Waals surface area (Å²) in [6.07, 6.45) is 0. The molecule has 0 saturated heterocycles. The number of rotatable bonds is 3. The van der Waals surface area contributed by atoms with Crippen LogP contribution in [0.2, 0.25) is 0 Å². The molecule has 15 heavy (non-hydrogen) atoms. The average Bonchev–Trinajstić information content (AvgIpc) is 2.09. The van der Waals surface area contributed by atoms with Gasteiger partial charge in [-0.1, -0.05) is 5.04 Å². The zero-order chi connectivity index (χ0) is 11.3. The predicted octanol–water partition coefficient (Wildman–Crippen LogP) is -2.19. The molecule has 0 aliphatic rings.